The highest BCUT2D eigenvalue weighted by molar-refractivity contribution is 5.90. The lowest BCUT2D eigenvalue weighted by Crippen LogP contribution is -2.14. The molecule has 0 fully saturated rings. The average Bonchev–Trinajstić information content (AvgIpc) is 2.87. The molecule has 0 aliphatic rings. The van der Waals surface area contributed by atoms with Crippen LogP contribution in [-0.4, -0.2) is 15.7 Å². The summed E-state index contributed by atoms with van der Waals surface area (Å²) in [7, 11) is 0. The van der Waals surface area contributed by atoms with Crippen molar-refractivity contribution in [1.29, 1.82) is 0 Å². The van der Waals surface area contributed by atoms with Gasteiger partial charge < -0.3 is 11.5 Å². The molecule has 5 nitrogen and oxygen atoms in total. The van der Waals surface area contributed by atoms with Gasteiger partial charge in [0.1, 0.15) is 5.69 Å². The van der Waals surface area contributed by atoms with Gasteiger partial charge in [-0.25, -0.2) is 4.68 Å². The lowest BCUT2D eigenvalue weighted by atomic mass is 10.0. The third kappa shape index (κ3) is 2.26. The quantitative estimate of drug-likeness (QED) is 0.851. The van der Waals surface area contributed by atoms with Crippen molar-refractivity contribution in [3.8, 4) is 5.69 Å². The fourth-order valence-electron chi connectivity index (χ4n) is 1.82. The Hall–Kier alpha value is -2.14. The SMILES string of the molecule is CC[C@H](N)c1ccccc1-n1ccc(C(N)=O)n1. The number of rotatable bonds is 4. The van der Waals surface area contributed by atoms with E-state index in [4.69, 9.17) is 11.5 Å². The first kappa shape index (κ1) is 12.3. The second-order valence-corrected chi connectivity index (χ2v) is 4.08. The molecule has 2 aromatic rings. The van der Waals surface area contributed by atoms with Gasteiger partial charge in [-0.1, -0.05) is 25.1 Å². The van der Waals surface area contributed by atoms with Crippen molar-refractivity contribution < 1.29 is 4.79 Å². The van der Waals surface area contributed by atoms with Crippen molar-refractivity contribution in [3.63, 3.8) is 0 Å². The predicted molar refractivity (Wildman–Crippen MR) is 69.3 cm³/mol. The number of benzene rings is 1. The summed E-state index contributed by atoms with van der Waals surface area (Å²) in [5.41, 5.74) is 13.4. The number of carbonyl (C=O) groups is 1. The van der Waals surface area contributed by atoms with Crippen LogP contribution in [0.1, 0.15) is 35.4 Å². The molecule has 94 valence electrons. The summed E-state index contributed by atoms with van der Waals surface area (Å²) in [4.78, 5) is 11.0. The van der Waals surface area contributed by atoms with Crippen LogP contribution in [0.3, 0.4) is 0 Å². The molecule has 0 radical (unpaired) electrons. The largest absolute Gasteiger partial charge is 0.364 e. The molecule has 0 spiro atoms. The number of carbonyl (C=O) groups excluding carboxylic acids is 1. The van der Waals surface area contributed by atoms with Crippen LogP contribution in [0.5, 0.6) is 0 Å². The summed E-state index contributed by atoms with van der Waals surface area (Å²) in [6, 6.07) is 9.27. The van der Waals surface area contributed by atoms with Crippen LogP contribution < -0.4 is 11.5 Å². The number of hydrogen-bond donors (Lipinski definition) is 2. The van der Waals surface area contributed by atoms with Crippen LogP contribution in [0.4, 0.5) is 0 Å². The van der Waals surface area contributed by atoms with Gasteiger partial charge in [-0.05, 0) is 24.1 Å². The third-order valence-electron chi connectivity index (χ3n) is 2.86. The highest BCUT2D eigenvalue weighted by Gasteiger charge is 2.12. The molecule has 1 atom stereocenters. The molecule has 1 aromatic heterocycles. The predicted octanol–water partition coefficient (Wildman–Crippen LogP) is 1.38. The number of hydrogen-bond acceptors (Lipinski definition) is 3. The van der Waals surface area contributed by atoms with Gasteiger partial charge in [-0.2, -0.15) is 5.10 Å². The van der Waals surface area contributed by atoms with E-state index in [0.717, 1.165) is 17.7 Å². The van der Waals surface area contributed by atoms with Gasteiger partial charge in [-0.3, -0.25) is 4.79 Å². The summed E-state index contributed by atoms with van der Waals surface area (Å²) < 4.78 is 1.63. The van der Waals surface area contributed by atoms with E-state index < -0.39 is 5.91 Å². The summed E-state index contributed by atoms with van der Waals surface area (Å²) in [5, 5.41) is 4.14. The highest BCUT2D eigenvalue weighted by Crippen LogP contribution is 2.21. The van der Waals surface area contributed by atoms with Gasteiger partial charge in [0.25, 0.3) is 5.91 Å². The van der Waals surface area contributed by atoms with Crippen LogP contribution in [0.2, 0.25) is 0 Å². The first-order valence-electron chi connectivity index (χ1n) is 5.83. The number of aromatic nitrogens is 2. The van der Waals surface area contributed by atoms with Crippen LogP contribution in [-0.2, 0) is 0 Å². The van der Waals surface area contributed by atoms with Crippen LogP contribution in [0, 0.1) is 0 Å². The molecule has 18 heavy (non-hydrogen) atoms. The highest BCUT2D eigenvalue weighted by atomic mass is 16.1. The molecule has 4 N–H and O–H groups in total. The molecule has 1 amide bonds. The number of nitrogens with zero attached hydrogens (tertiary/aromatic N) is 2. The zero-order valence-corrected chi connectivity index (χ0v) is 10.2. The van der Waals surface area contributed by atoms with E-state index in [2.05, 4.69) is 5.10 Å². The van der Waals surface area contributed by atoms with E-state index in [1.165, 1.54) is 0 Å². The Kier molecular flexibility index (Phi) is 3.43. The first-order chi connectivity index (χ1) is 8.63. The van der Waals surface area contributed by atoms with E-state index >= 15 is 0 Å². The molecule has 0 saturated carbocycles. The molecular weight excluding hydrogens is 228 g/mol. The Labute approximate surface area is 105 Å². The molecule has 0 aliphatic carbocycles. The maximum atomic E-state index is 11.0. The molecule has 0 aliphatic heterocycles. The molecular formula is C13H16N4O. The Balaban J connectivity index is 2.46. The Morgan fingerprint density at radius 1 is 1.39 bits per heavy atom. The Bertz CT molecular complexity index is 562. The lowest BCUT2D eigenvalue weighted by Gasteiger charge is -2.14. The maximum absolute atomic E-state index is 11.0. The summed E-state index contributed by atoms with van der Waals surface area (Å²) in [5.74, 6) is -0.536. The van der Waals surface area contributed by atoms with Gasteiger partial charge >= 0.3 is 0 Å². The normalized spacial score (nSPS) is 12.3. The zero-order valence-electron chi connectivity index (χ0n) is 10.2. The van der Waals surface area contributed by atoms with Crippen molar-refractivity contribution in [2.75, 3.05) is 0 Å². The second-order valence-electron chi connectivity index (χ2n) is 4.08. The van der Waals surface area contributed by atoms with Crippen LogP contribution in [0.25, 0.3) is 5.69 Å². The minimum atomic E-state index is -0.536. The average molecular weight is 244 g/mol. The summed E-state index contributed by atoms with van der Waals surface area (Å²) >= 11 is 0. The molecule has 0 saturated heterocycles. The van der Waals surface area contributed by atoms with Gasteiger partial charge in [0, 0.05) is 12.2 Å². The molecule has 1 heterocycles. The van der Waals surface area contributed by atoms with Gasteiger partial charge in [-0.15, -0.1) is 0 Å². The smallest absolute Gasteiger partial charge is 0.269 e. The van der Waals surface area contributed by atoms with E-state index in [0.29, 0.717) is 0 Å². The topological polar surface area (TPSA) is 86.9 Å². The minimum Gasteiger partial charge on any atom is -0.364 e. The number of nitrogens with two attached hydrogens (primary N) is 2. The number of para-hydroxylation sites is 1. The first-order valence-corrected chi connectivity index (χ1v) is 5.83. The van der Waals surface area contributed by atoms with Crippen LogP contribution in [0.15, 0.2) is 36.5 Å². The molecule has 1 aromatic carbocycles. The summed E-state index contributed by atoms with van der Waals surface area (Å²) in [6.45, 7) is 2.03. The monoisotopic (exact) mass is 244 g/mol. The standard InChI is InChI=1S/C13H16N4O/c1-2-10(14)9-5-3-4-6-12(9)17-8-7-11(16-17)13(15)18/h3-8,10H,2,14H2,1H3,(H2,15,18)/t10-/m0/s1. The Morgan fingerprint density at radius 2 is 2.11 bits per heavy atom. The third-order valence-corrected chi connectivity index (χ3v) is 2.86. The van der Waals surface area contributed by atoms with Crippen molar-refractivity contribution in [1.82, 2.24) is 9.78 Å². The lowest BCUT2D eigenvalue weighted by molar-refractivity contribution is 0.0995. The zero-order chi connectivity index (χ0) is 13.1. The number of primary amides is 1. The Morgan fingerprint density at radius 3 is 2.72 bits per heavy atom. The van der Waals surface area contributed by atoms with Gasteiger partial charge in [0.2, 0.25) is 0 Å². The van der Waals surface area contributed by atoms with E-state index in [1.807, 2.05) is 31.2 Å². The van der Waals surface area contributed by atoms with Crippen molar-refractivity contribution in [2.24, 2.45) is 11.5 Å². The van der Waals surface area contributed by atoms with Gasteiger partial charge in [0.15, 0.2) is 0 Å². The molecule has 0 bridgehead atoms. The molecule has 2 rings (SSSR count). The minimum absolute atomic E-state index is 0.0533. The van der Waals surface area contributed by atoms with Crippen LogP contribution >= 0.6 is 0 Å². The summed E-state index contributed by atoms with van der Waals surface area (Å²) in [6.07, 6.45) is 2.54. The van der Waals surface area contributed by atoms with E-state index in [1.54, 1.807) is 16.9 Å². The fourth-order valence-corrected chi connectivity index (χ4v) is 1.82. The molecule has 5 heteroatoms. The van der Waals surface area contributed by atoms with E-state index in [-0.39, 0.29) is 11.7 Å². The van der Waals surface area contributed by atoms with Crippen molar-refractivity contribution >= 4 is 5.91 Å². The maximum Gasteiger partial charge on any atom is 0.269 e. The second kappa shape index (κ2) is 5.01. The van der Waals surface area contributed by atoms with Crippen molar-refractivity contribution in [3.05, 3.63) is 47.8 Å². The van der Waals surface area contributed by atoms with Crippen molar-refractivity contribution in [2.45, 2.75) is 19.4 Å². The van der Waals surface area contributed by atoms with E-state index in [9.17, 15) is 4.79 Å². The number of amides is 1. The van der Waals surface area contributed by atoms with Gasteiger partial charge in [0.05, 0.1) is 5.69 Å². The molecule has 0 unspecified atom stereocenters. The fraction of sp³-hybridized carbons (Fsp3) is 0.231.